The van der Waals surface area contributed by atoms with Crippen molar-refractivity contribution in [2.45, 2.75) is 88.2 Å². The van der Waals surface area contributed by atoms with Gasteiger partial charge < -0.3 is 5.11 Å². The second kappa shape index (κ2) is 10.0. The van der Waals surface area contributed by atoms with Gasteiger partial charge in [-0.15, -0.1) is 11.8 Å². The van der Waals surface area contributed by atoms with Crippen molar-refractivity contribution in [3.63, 3.8) is 0 Å². The Kier molecular flexibility index (Phi) is 8.01. The lowest BCUT2D eigenvalue weighted by Crippen LogP contribution is -2.06. The largest absolute Gasteiger partial charge is 0.481 e. The Morgan fingerprint density at radius 3 is 2.68 bits per heavy atom. The normalized spacial score (nSPS) is 14.6. The van der Waals surface area contributed by atoms with Crippen LogP contribution in [0.5, 0.6) is 0 Å². The fourth-order valence-electron chi connectivity index (χ4n) is 3.38. The summed E-state index contributed by atoms with van der Waals surface area (Å²) in [5.74, 6) is -0.476. The van der Waals surface area contributed by atoms with Crippen LogP contribution in [0.3, 0.4) is 0 Å². The molecule has 1 aliphatic carbocycles. The second-order valence-corrected chi connectivity index (χ2v) is 8.27. The van der Waals surface area contributed by atoms with Crippen molar-refractivity contribution < 1.29 is 14.7 Å². The van der Waals surface area contributed by atoms with E-state index in [0.29, 0.717) is 18.1 Å². The second-order valence-electron chi connectivity index (χ2n) is 6.93. The van der Waals surface area contributed by atoms with Gasteiger partial charge in [-0.1, -0.05) is 39.2 Å². The summed E-state index contributed by atoms with van der Waals surface area (Å²) in [6, 6.07) is 4.34. The van der Waals surface area contributed by atoms with Crippen LogP contribution in [0.25, 0.3) is 0 Å². The zero-order valence-electron chi connectivity index (χ0n) is 15.5. The first kappa shape index (κ1) is 20.0. The molecular weight excluding hydrogens is 332 g/mol. The summed E-state index contributed by atoms with van der Waals surface area (Å²) < 4.78 is 0. The standard InChI is InChI=1S/C21H30O3S/c1-3-5-6-7-8-16-13-15-9-11-19(22)18(15)14-20(16)25-17(4-2)10-12-21(23)24/h13-14,17H,3-12H2,1-2H3,(H,23,24). The first-order chi connectivity index (χ1) is 12.0. The maximum atomic E-state index is 12.1. The number of rotatable bonds is 11. The Balaban J connectivity index is 2.15. The van der Waals surface area contributed by atoms with Crippen LogP contribution in [0.4, 0.5) is 0 Å². The Hall–Kier alpha value is -1.29. The molecule has 0 saturated carbocycles. The zero-order chi connectivity index (χ0) is 18.2. The lowest BCUT2D eigenvalue weighted by molar-refractivity contribution is -0.137. The maximum absolute atomic E-state index is 12.1. The third kappa shape index (κ3) is 5.88. The fraction of sp³-hybridized carbons (Fsp3) is 0.619. The van der Waals surface area contributed by atoms with Crippen LogP contribution in [0.15, 0.2) is 17.0 Å². The fourth-order valence-corrected chi connectivity index (χ4v) is 4.64. The summed E-state index contributed by atoms with van der Waals surface area (Å²) >= 11 is 1.77. The molecule has 1 aromatic carbocycles. The molecule has 1 unspecified atom stereocenters. The van der Waals surface area contributed by atoms with Crippen molar-refractivity contribution in [2.24, 2.45) is 0 Å². The molecule has 0 radical (unpaired) electrons. The topological polar surface area (TPSA) is 54.4 Å². The summed E-state index contributed by atoms with van der Waals surface area (Å²) in [6.07, 6.45) is 9.31. The van der Waals surface area contributed by atoms with Gasteiger partial charge in [0.25, 0.3) is 0 Å². The number of carbonyl (C=O) groups excluding carboxylic acids is 1. The van der Waals surface area contributed by atoms with Gasteiger partial charge >= 0.3 is 5.97 Å². The van der Waals surface area contributed by atoms with Crippen LogP contribution in [0.2, 0.25) is 0 Å². The summed E-state index contributed by atoms with van der Waals surface area (Å²) in [6.45, 7) is 4.33. The lowest BCUT2D eigenvalue weighted by Gasteiger charge is -2.18. The molecule has 1 aliphatic rings. The first-order valence-electron chi connectivity index (χ1n) is 9.62. The number of unbranched alkanes of at least 4 members (excludes halogenated alkanes) is 3. The molecule has 0 spiro atoms. The molecule has 1 N–H and O–H groups in total. The highest BCUT2D eigenvalue weighted by molar-refractivity contribution is 8.00. The molecule has 2 rings (SSSR count). The molecule has 0 aromatic heterocycles. The number of aryl methyl sites for hydroxylation is 2. The van der Waals surface area contributed by atoms with E-state index in [1.807, 2.05) is 0 Å². The Morgan fingerprint density at radius 1 is 1.20 bits per heavy atom. The number of hydrogen-bond acceptors (Lipinski definition) is 3. The van der Waals surface area contributed by atoms with E-state index >= 15 is 0 Å². The number of thioether (sulfide) groups is 1. The SMILES string of the molecule is CCCCCCc1cc2c(cc1SC(CC)CCC(=O)O)C(=O)CC2. The maximum Gasteiger partial charge on any atom is 0.303 e. The third-order valence-corrected chi connectivity index (χ3v) is 6.47. The van der Waals surface area contributed by atoms with Crippen LogP contribution < -0.4 is 0 Å². The van der Waals surface area contributed by atoms with Gasteiger partial charge in [-0.25, -0.2) is 0 Å². The number of benzene rings is 1. The molecule has 4 heteroatoms. The predicted octanol–water partition coefficient (Wildman–Crippen LogP) is 5.67. The number of Topliss-reactive ketones (excluding diaryl/α,β-unsaturated/α-hetero) is 1. The Labute approximate surface area is 155 Å². The highest BCUT2D eigenvalue weighted by Gasteiger charge is 2.23. The van der Waals surface area contributed by atoms with E-state index in [-0.39, 0.29) is 12.2 Å². The van der Waals surface area contributed by atoms with Crippen LogP contribution in [-0.2, 0) is 17.6 Å². The van der Waals surface area contributed by atoms with Crippen LogP contribution in [0.1, 0.15) is 86.7 Å². The summed E-state index contributed by atoms with van der Waals surface area (Å²) in [7, 11) is 0. The zero-order valence-corrected chi connectivity index (χ0v) is 16.3. The molecule has 0 amide bonds. The third-order valence-electron chi connectivity index (χ3n) is 4.94. The van der Waals surface area contributed by atoms with E-state index in [2.05, 4.69) is 26.0 Å². The average Bonchev–Trinajstić information content (AvgIpc) is 2.95. The number of carboxylic acids is 1. The van der Waals surface area contributed by atoms with E-state index in [1.54, 1.807) is 11.8 Å². The van der Waals surface area contributed by atoms with Gasteiger partial charge in [0.1, 0.15) is 0 Å². The van der Waals surface area contributed by atoms with Gasteiger partial charge in [-0.3, -0.25) is 9.59 Å². The van der Waals surface area contributed by atoms with Gasteiger partial charge in [0.15, 0.2) is 5.78 Å². The molecule has 0 aliphatic heterocycles. The van der Waals surface area contributed by atoms with Crippen molar-refractivity contribution in [1.82, 2.24) is 0 Å². The van der Waals surface area contributed by atoms with E-state index in [1.165, 1.54) is 41.7 Å². The minimum absolute atomic E-state index is 0.210. The van der Waals surface area contributed by atoms with E-state index in [0.717, 1.165) is 24.8 Å². The smallest absolute Gasteiger partial charge is 0.303 e. The lowest BCUT2D eigenvalue weighted by atomic mass is 10.0. The number of carboxylic acid groups (broad SMARTS) is 1. The van der Waals surface area contributed by atoms with Crippen molar-refractivity contribution in [2.75, 3.05) is 0 Å². The molecule has 1 atom stereocenters. The first-order valence-corrected chi connectivity index (χ1v) is 10.5. The van der Waals surface area contributed by atoms with Gasteiger partial charge in [0.2, 0.25) is 0 Å². The van der Waals surface area contributed by atoms with Gasteiger partial charge in [0, 0.05) is 28.6 Å². The summed E-state index contributed by atoms with van der Waals surface area (Å²) in [5, 5.41) is 9.24. The predicted molar refractivity (Wildman–Crippen MR) is 104 cm³/mol. The molecule has 3 nitrogen and oxygen atoms in total. The monoisotopic (exact) mass is 362 g/mol. The van der Waals surface area contributed by atoms with E-state index < -0.39 is 5.97 Å². The number of fused-ring (bicyclic) bond motifs is 1. The highest BCUT2D eigenvalue weighted by atomic mass is 32.2. The van der Waals surface area contributed by atoms with Crippen LogP contribution in [0, 0.1) is 0 Å². The van der Waals surface area contributed by atoms with Crippen molar-refractivity contribution in [3.05, 3.63) is 28.8 Å². The quantitative estimate of drug-likeness (QED) is 0.407. The van der Waals surface area contributed by atoms with Gasteiger partial charge in [-0.05, 0) is 49.3 Å². The van der Waals surface area contributed by atoms with Crippen LogP contribution >= 0.6 is 11.8 Å². The highest BCUT2D eigenvalue weighted by Crippen LogP contribution is 2.36. The minimum atomic E-state index is -0.733. The van der Waals surface area contributed by atoms with Crippen molar-refractivity contribution >= 4 is 23.5 Å². The van der Waals surface area contributed by atoms with Crippen molar-refractivity contribution in [3.8, 4) is 0 Å². The molecule has 0 saturated heterocycles. The van der Waals surface area contributed by atoms with Crippen molar-refractivity contribution in [1.29, 1.82) is 0 Å². The molecule has 0 heterocycles. The molecule has 0 fully saturated rings. The van der Waals surface area contributed by atoms with Gasteiger partial charge in [-0.2, -0.15) is 0 Å². The molecule has 0 bridgehead atoms. The Morgan fingerprint density at radius 2 is 2.00 bits per heavy atom. The number of hydrogen-bond donors (Lipinski definition) is 1. The minimum Gasteiger partial charge on any atom is -0.481 e. The summed E-state index contributed by atoms with van der Waals surface area (Å²) in [4.78, 5) is 24.2. The van der Waals surface area contributed by atoms with Gasteiger partial charge in [0.05, 0.1) is 0 Å². The number of ketones is 1. The summed E-state index contributed by atoms with van der Waals surface area (Å²) in [5.41, 5.74) is 3.45. The molecule has 138 valence electrons. The molecular formula is C21H30O3S. The number of carbonyl (C=O) groups is 2. The van der Waals surface area contributed by atoms with Crippen LogP contribution in [-0.4, -0.2) is 22.1 Å². The van der Waals surface area contributed by atoms with E-state index in [9.17, 15) is 9.59 Å². The van der Waals surface area contributed by atoms with E-state index in [4.69, 9.17) is 5.11 Å². The molecule has 1 aromatic rings. The average molecular weight is 363 g/mol. The molecule has 25 heavy (non-hydrogen) atoms. The number of aliphatic carboxylic acids is 1. The Bertz CT molecular complexity index is 609.